The summed E-state index contributed by atoms with van der Waals surface area (Å²) in [6.45, 7) is 6.56. The average Bonchev–Trinajstić information content (AvgIpc) is 3.27. The van der Waals surface area contributed by atoms with E-state index >= 15 is 0 Å². The lowest BCUT2D eigenvalue weighted by Crippen LogP contribution is -2.29. The molecule has 0 aromatic heterocycles. The Balaban J connectivity index is 1.44. The number of benzene rings is 4. The molecule has 6 nitrogen and oxygen atoms in total. The fraction of sp³-hybridized carbons (Fsp3) is 0.200. The number of dihydropyridines is 1. The van der Waals surface area contributed by atoms with Crippen LogP contribution in [0.1, 0.15) is 53.7 Å². The van der Waals surface area contributed by atoms with Gasteiger partial charge in [0.15, 0.2) is 17.3 Å². The molecule has 212 valence electrons. The van der Waals surface area contributed by atoms with Crippen LogP contribution in [-0.2, 0) is 16.1 Å². The number of esters is 1. The third kappa shape index (κ3) is 4.85. The van der Waals surface area contributed by atoms with E-state index in [1.807, 2.05) is 68.4 Å². The molecule has 1 heterocycles. The number of ketones is 1. The monoisotopic (exact) mass is 671 g/mol. The number of hydrogen-bond acceptors (Lipinski definition) is 6. The van der Waals surface area contributed by atoms with Gasteiger partial charge in [0, 0.05) is 28.3 Å². The van der Waals surface area contributed by atoms with Gasteiger partial charge in [0.25, 0.3) is 0 Å². The van der Waals surface area contributed by atoms with Crippen LogP contribution >= 0.6 is 22.6 Å². The Hall–Kier alpha value is -4.11. The first kappa shape index (κ1) is 28.0. The second-order valence-electron chi connectivity index (χ2n) is 10.2. The molecule has 7 heteroatoms. The van der Waals surface area contributed by atoms with Gasteiger partial charge in [-0.15, -0.1) is 0 Å². The molecule has 1 atom stereocenters. The van der Waals surface area contributed by atoms with Crippen LogP contribution in [0.4, 0.5) is 0 Å². The molecule has 0 amide bonds. The number of rotatable bonds is 8. The van der Waals surface area contributed by atoms with Gasteiger partial charge in [0.2, 0.25) is 0 Å². The Labute approximate surface area is 258 Å². The molecule has 42 heavy (non-hydrogen) atoms. The molecule has 1 N–H and O–H groups in total. The molecule has 0 unspecified atom stereocenters. The van der Waals surface area contributed by atoms with Crippen LogP contribution in [0.5, 0.6) is 11.5 Å². The predicted octanol–water partition coefficient (Wildman–Crippen LogP) is 7.55. The van der Waals surface area contributed by atoms with Crippen molar-refractivity contribution in [1.82, 2.24) is 5.32 Å². The summed E-state index contributed by atoms with van der Waals surface area (Å²) in [5, 5.41) is 5.64. The normalized spacial score (nSPS) is 15.8. The van der Waals surface area contributed by atoms with Gasteiger partial charge < -0.3 is 19.5 Å². The lowest BCUT2D eigenvalue weighted by Gasteiger charge is -2.30. The van der Waals surface area contributed by atoms with Crippen LogP contribution in [0, 0.1) is 3.57 Å². The van der Waals surface area contributed by atoms with Crippen LogP contribution in [0.25, 0.3) is 16.5 Å². The Morgan fingerprint density at radius 2 is 1.64 bits per heavy atom. The van der Waals surface area contributed by atoms with E-state index in [4.69, 9.17) is 14.2 Å². The highest BCUT2D eigenvalue weighted by molar-refractivity contribution is 14.1. The zero-order chi connectivity index (χ0) is 29.4. The number of allylic oxidation sites excluding steroid dienone is 2. The van der Waals surface area contributed by atoms with E-state index in [0.717, 1.165) is 36.7 Å². The number of nitrogens with one attached hydrogen (secondary N) is 1. The van der Waals surface area contributed by atoms with E-state index < -0.39 is 11.9 Å². The SMILES string of the molecule is CCOC(=O)C1=C(C)NC2=C(C(=O)c3ccccc32)[C@H]1c1cc(I)c(OCc2cccc3ccccc23)c(OCC)c1. The number of Topliss-reactive ketones (excluding diaryl/α,β-unsaturated/α-hetero) is 1. The van der Waals surface area contributed by atoms with Crippen molar-refractivity contribution in [3.8, 4) is 11.5 Å². The Kier molecular flexibility index (Phi) is 7.77. The summed E-state index contributed by atoms with van der Waals surface area (Å²) in [4.78, 5) is 27.2. The third-order valence-corrected chi connectivity index (χ3v) is 8.46. The molecular weight excluding hydrogens is 641 g/mol. The molecule has 1 aliphatic heterocycles. The molecule has 1 aliphatic carbocycles. The third-order valence-electron chi connectivity index (χ3n) is 7.66. The second kappa shape index (κ2) is 11.6. The maximum Gasteiger partial charge on any atom is 0.336 e. The summed E-state index contributed by atoms with van der Waals surface area (Å²) in [5.41, 5.74) is 5.62. The molecule has 4 aromatic rings. The maximum atomic E-state index is 13.8. The van der Waals surface area contributed by atoms with Gasteiger partial charge in [0.1, 0.15) is 6.61 Å². The van der Waals surface area contributed by atoms with Gasteiger partial charge >= 0.3 is 5.97 Å². The summed E-state index contributed by atoms with van der Waals surface area (Å²) in [6, 6.07) is 25.8. The van der Waals surface area contributed by atoms with Gasteiger partial charge in [-0.05, 0) is 77.4 Å². The maximum absolute atomic E-state index is 13.8. The standard InChI is InChI=1S/C35H30INO5/c1-4-40-28-18-23(17-27(36)34(28)42-19-22-13-10-12-21-11-6-7-14-24(21)22)30-29(35(39)41-5-2)20(3)37-32-25-15-8-9-16-26(25)33(38)31(30)32/h6-18,30,37H,4-5,19H2,1-3H3/t30-/m0/s1. The second-order valence-corrected chi connectivity index (χ2v) is 11.3. The molecule has 4 aromatic carbocycles. The lowest BCUT2D eigenvalue weighted by atomic mass is 9.79. The van der Waals surface area contributed by atoms with Crippen molar-refractivity contribution in [3.05, 3.63) is 122 Å². The number of ether oxygens (including phenoxy) is 3. The highest BCUT2D eigenvalue weighted by Gasteiger charge is 2.43. The first-order valence-corrected chi connectivity index (χ1v) is 15.1. The van der Waals surface area contributed by atoms with Crippen LogP contribution in [-0.4, -0.2) is 25.0 Å². The number of hydrogen-bond donors (Lipinski definition) is 1. The largest absolute Gasteiger partial charge is 0.490 e. The van der Waals surface area contributed by atoms with Crippen molar-refractivity contribution in [3.63, 3.8) is 0 Å². The highest BCUT2D eigenvalue weighted by Crippen LogP contribution is 2.49. The fourth-order valence-corrected chi connectivity index (χ4v) is 6.65. The summed E-state index contributed by atoms with van der Waals surface area (Å²) in [6.07, 6.45) is 0. The van der Waals surface area contributed by atoms with E-state index in [1.165, 1.54) is 0 Å². The average molecular weight is 672 g/mol. The van der Waals surface area contributed by atoms with E-state index in [-0.39, 0.29) is 12.4 Å². The zero-order valence-corrected chi connectivity index (χ0v) is 25.8. The van der Waals surface area contributed by atoms with Gasteiger partial charge in [-0.3, -0.25) is 4.79 Å². The minimum atomic E-state index is -0.639. The van der Waals surface area contributed by atoms with Crippen LogP contribution in [0.2, 0.25) is 0 Å². The van der Waals surface area contributed by atoms with Crippen molar-refractivity contribution >= 4 is 50.8 Å². The molecule has 0 saturated heterocycles. The Bertz CT molecular complexity index is 1800. The molecular formula is C35H30INO5. The quantitative estimate of drug-likeness (QED) is 0.154. The minimum absolute atomic E-state index is 0.100. The molecule has 6 rings (SSSR count). The molecule has 0 spiro atoms. The number of fused-ring (bicyclic) bond motifs is 3. The van der Waals surface area contributed by atoms with Crippen molar-refractivity contribution in [2.45, 2.75) is 33.3 Å². The van der Waals surface area contributed by atoms with Gasteiger partial charge in [0.05, 0.1) is 28.1 Å². The minimum Gasteiger partial charge on any atom is -0.490 e. The first-order valence-electron chi connectivity index (χ1n) is 14.0. The predicted molar refractivity (Wildman–Crippen MR) is 172 cm³/mol. The zero-order valence-electron chi connectivity index (χ0n) is 23.6. The smallest absolute Gasteiger partial charge is 0.336 e. The molecule has 0 bridgehead atoms. The highest BCUT2D eigenvalue weighted by atomic mass is 127. The van der Waals surface area contributed by atoms with Crippen molar-refractivity contribution in [2.24, 2.45) is 0 Å². The first-order chi connectivity index (χ1) is 20.4. The fourth-order valence-electron chi connectivity index (χ4n) is 5.87. The van der Waals surface area contributed by atoms with Crippen molar-refractivity contribution in [2.75, 3.05) is 13.2 Å². The van der Waals surface area contributed by atoms with E-state index in [1.54, 1.807) is 6.92 Å². The Morgan fingerprint density at radius 3 is 2.43 bits per heavy atom. The summed E-state index contributed by atoms with van der Waals surface area (Å²) in [5.74, 6) is -0.00965. The summed E-state index contributed by atoms with van der Waals surface area (Å²) in [7, 11) is 0. The van der Waals surface area contributed by atoms with Crippen molar-refractivity contribution < 1.29 is 23.8 Å². The summed E-state index contributed by atoms with van der Waals surface area (Å²) < 4.78 is 18.8. The van der Waals surface area contributed by atoms with E-state index in [9.17, 15) is 9.59 Å². The topological polar surface area (TPSA) is 73.9 Å². The number of carbonyl (C=O) groups excluding carboxylic acids is 2. The summed E-state index contributed by atoms with van der Waals surface area (Å²) >= 11 is 2.25. The van der Waals surface area contributed by atoms with E-state index in [2.05, 4.69) is 52.2 Å². The van der Waals surface area contributed by atoms with Crippen molar-refractivity contribution in [1.29, 1.82) is 0 Å². The van der Waals surface area contributed by atoms with Gasteiger partial charge in [-0.1, -0.05) is 66.7 Å². The van der Waals surface area contributed by atoms with Crippen LogP contribution in [0.15, 0.2) is 95.7 Å². The van der Waals surface area contributed by atoms with E-state index in [0.29, 0.717) is 47.1 Å². The molecule has 0 fully saturated rings. The molecule has 0 radical (unpaired) electrons. The lowest BCUT2D eigenvalue weighted by molar-refractivity contribution is -0.138. The molecule has 0 saturated carbocycles. The molecule has 2 aliphatic rings. The van der Waals surface area contributed by atoms with Crippen LogP contribution < -0.4 is 14.8 Å². The number of halogens is 1. The number of carbonyl (C=O) groups is 2. The van der Waals surface area contributed by atoms with Gasteiger partial charge in [-0.25, -0.2) is 4.79 Å². The Morgan fingerprint density at radius 1 is 0.905 bits per heavy atom. The van der Waals surface area contributed by atoms with Gasteiger partial charge in [-0.2, -0.15) is 0 Å². The van der Waals surface area contributed by atoms with Crippen LogP contribution in [0.3, 0.4) is 0 Å².